The Morgan fingerprint density at radius 3 is 2.53 bits per heavy atom. The minimum Gasteiger partial charge on any atom is -0.396 e. The SMILES string of the molecule is OCCc1ccc(Nc2ncc3cccc(-c4ccc(NCCN5CCCC5)nc4)c3n2)cc1. The van der Waals surface area contributed by atoms with E-state index in [1.54, 1.807) is 0 Å². The van der Waals surface area contributed by atoms with Crippen LogP contribution in [0.3, 0.4) is 0 Å². The molecule has 7 nitrogen and oxygen atoms in total. The third-order valence-corrected chi connectivity index (χ3v) is 6.23. The lowest BCUT2D eigenvalue weighted by Crippen LogP contribution is -2.26. The highest BCUT2D eigenvalue weighted by atomic mass is 16.2. The predicted molar refractivity (Wildman–Crippen MR) is 137 cm³/mol. The molecule has 1 aliphatic rings. The maximum Gasteiger partial charge on any atom is 0.227 e. The van der Waals surface area contributed by atoms with E-state index in [0.29, 0.717) is 12.4 Å². The highest BCUT2D eigenvalue weighted by molar-refractivity contribution is 5.93. The fourth-order valence-corrected chi connectivity index (χ4v) is 4.37. The van der Waals surface area contributed by atoms with Crippen molar-refractivity contribution >= 4 is 28.4 Å². The molecule has 34 heavy (non-hydrogen) atoms. The van der Waals surface area contributed by atoms with Crippen molar-refractivity contribution in [1.29, 1.82) is 0 Å². The van der Waals surface area contributed by atoms with Crippen molar-refractivity contribution in [1.82, 2.24) is 19.9 Å². The number of aliphatic hydroxyl groups is 1. The molecule has 2 aromatic heterocycles. The summed E-state index contributed by atoms with van der Waals surface area (Å²) in [5.41, 5.74) is 4.93. The number of rotatable bonds is 9. The molecule has 0 radical (unpaired) electrons. The number of benzene rings is 2. The Balaban J connectivity index is 1.31. The van der Waals surface area contributed by atoms with Crippen LogP contribution in [0.25, 0.3) is 22.0 Å². The molecule has 1 fully saturated rings. The van der Waals surface area contributed by atoms with Gasteiger partial charge in [0.1, 0.15) is 5.82 Å². The first-order valence-corrected chi connectivity index (χ1v) is 11.9. The Hall–Kier alpha value is -3.55. The van der Waals surface area contributed by atoms with E-state index in [4.69, 9.17) is 10.1 Å². The van der Waals surface area contributed by atoms with Crippen molar-refractivity contribution in [3.05, 3.63) is 72.6 Å². The van der Waals surface area contributed by atoms with E-state index in [1.165, 1.54) is 25.9 Å². The van der Waals surface area contributed by atoms with E-state index in [1.807, 2.05) is 54.9 Å². The van der Waals surface area contributed by atoms with Gasteiger partial charge in [-0.05, 0) is 62.2 Å². The van der Waals surface area contributed by atoms with Crippen LogP contribution in [-0.4, -0.2) is 57.7 Å². The summed E-state index contributed by atoms with van der Waals surface area (Å²) >= 11 is 0. The molecule has 0 saturated carbocycles. The topological polar surface area (TPSA) is 86.2 Å². The smallest absolute Gasteiger partial charge is 0.227 e. The Morgan fingerprint density at radius 2 is 1.76 bits per heavy atom. The Kier molecular flexibility index (Phi) is 6.93. The molecular formula is C27H30N6O. The molecule has 3 N–H and O–H groups in total. The van der Waals surface area contributed by atoms with Gasteiger partial charge in [-0.2, -0.15) is 0 Å². The molecule has 0 amide bonds. The number of hydrogen-bond acceptors (Lipinski definition) is 7. The van der Waals surface area contributed by atoms with Crippen LogP contribution in [0.15, 0.2) is 67.0 Å². The highest BCUT2D eigenvalue weighted by Crippen LogP contribution is 2.28. The monoisotopic (exact) mass is 454 g/mol. The van der Waals surface area contributed by atoms with Gasteiger partial charge in [-0.25, -0.2) is 15.0 Å². The van der Waals surface area contributed by atoms with E-state index < -0.39 is 0 Å². The average Bonchev–Trinajstić information content (AvgIpc) is 3.39. The number of aliphatic hydroxyl groups excluding tert-OH is 1. The molecular weight excluding hydrogens is 424 g/mol. The van der Waals surface area contributed by atoms with Crippen LogP contribution in [0.4, 0.5) is 17.5 Å². The summed E-state index contributed by atoms with van der Waals surface area (Å²) in [6.07, 6.45) is 7.03. The maximum atomic E-state index is 9.09. The normalized spacial score (nSPS) is 13.9. The third kappa shape index (κ3) is 5.32. The number of para-hydroxylation sites is 1. The highest BCUT2D eigenvalue weighted by Gasteiger charge is 2.11. The van der Waals surface area contributed by atoms with E-state index in [-0.39, 0.29) is 6.61 Å². The second kappa shape index (κ2) is 10.6. The van der Waals surface area contributed by atoms with Gasteiger partial charge in [0.15, 0.2) is 0 Å². The number of aromatic nitrogens is 3. The van der Waals surface area contributed by atoms with Gasteiger partial charge in [-0.3, -0.25) is 0 Å². The number of likely N-dealkylation sites (tertiary alicyclic amines) is 1. The van der Waals surface area contributed by atoms with Crippen molar-refractivity contribution in [2.45, 2.75) is 19.3 Å². The van der Waals surface area contributed by atoms with Crippen LogP contribution >= 0.6 is 0 Å². The molecule has 3 heterocycles. The van der Waals surface area contributed by atoms with Crippen molar-refractivity contribution < 1.29 is 5.11 Å². The number of hydrogen-bond donors (Lipinski definition) is 3. The summed E-state index contributed by atoms with van der Waals surface area (Å²) in [6, 6.07) is 18.2. The molecule has 174 valence electrons. The zero-order valence-electron chi connectivity index (χ0n) is 19.2. The number of nitrogens with one attached hydrogen (secondary N) is 2. The summed E-state index contributed by atoms with van der Waals surface area (Å²) in [7, 11) is 0. The van der Waals surface area contributed by atoms with Crippen LogP contribution in [0, 0.1) is 0 Å². The Labute approximate surface area is 199 Å². The predicted octanol–water partition coefficient (Wildman–Crippen LogP) is 4.48. The minimum atomic E-state index is 0.147. The Morgan fingerprint density at radius 1 is 0.912 bits per heavy atom. The molecule has 0 spiro atoms. The standard InChI is InChI=1S/C27H30N6O/c34-17-12-20-6-9-23(10-7-20)31-27-30-19-22-4-3-5-24(26(22)32-27)21-8-11-25(29-18-21)28-13-16-33-14-1-2-15-33/h3-11,18-19,34H,1-2,12-17H2,(H,28,29)(H,30,31,32). The van der Waals surface area contributed by atoms with Crippen LogP contribution < -0.4 is 10.6 Å². The summed E-state index contributed by atoms with van der Waals surface area (Å²) in [4.78, 5) is 16.4. The molecule has 0 bridgehead atoms. The van der Waals surface area contributed by atoms with Gasteiger partial charge in [-0.15, -0.1) is 0 Å². The minimum absolute atomic E-state index is 0.147. The molecule has 2 aromatic carbocycles. The molecule has 0 unspecified atom stereocenters. The van der Waals surface area contributed by atoms with Crippen molar-refractivity contribution in [3.63, 3.8) is 0 Å². The number of pyridine rings is 1. The lowest BCUT2D eigenvalue weighted by Gasteiger charge is -2.15. The van der Waals surface area contributed by atoms with E-state index >= 15 is 0 Å². The molecule has 7 heteroatoms. The molecule has 0 atom stereocenters. The molecule has 1 saturated heterocycles. The van der Waals surface area contributed by atoms with Crippen molar-refractivity contribution in [2.24, 2.45) is 0 Å². The summed E-state index contributed by atoms with van der Waals surface area (Å²) in [5.74, 6) is 1.44. The van der Waals surface area contributed by atoms with Gasteiger partial charge in [-0.1, -0.05) is 30.3 Å². The van der Waals surface area contributed by atoms with Gasteiger partial charge in [0.25, 0.3) is 0 Å². The van der Waals surface area contributed by atoms with Crippen LogP contribution in [-0.2, 0) is 6.42 Å². The molecule has 1 aliphatic heterocycles. The fraction of sp³-hybridized carbons (Fsp3) is 0.296. The lowest BCUT2D eigenvalue weighted by atomic mass is 10.0. The average molecular weight is 455 g/mol. The van der Waals surface area contributed by atoms with E-state index in [0.717, 1.165) is 52.2 Å². The largest absolute Gasteiger partial charge is 0.396 e. The maximum absolute atomic E-state index is 9.09. The van der Waals surface area contributed by atoms with E-state index in [2.05, 4.69) is 37.6 Å². The zero-order chi connectivity index (χ0) is 23.2. The first kappa shape index (κ1) is 22.3. The molecule has 0 aliphatic carbocycles. The van der Waals surface area contributed by atoms with Crippen molar-refractivity contribution in [3.8, 4) is 11.1 Å². The van der Waals surface area contributed by atoms with Gasteiger partial charge in [0.05, 0.1) is 5.52 Å². The van der Waals surface area contributed by atoms with E-state index in [9.17, 15) is 0 Å². The van der Waals surface area contributed by atoms with Gasteiger partial charge in [0, 0.05) is 54.3 Å². The number of anilines is 3. The lowest BCUT2D eigenvalue weighted by molar-refractivity contribution is 0.299. The first-order chi connectivity index (χ1) is 16.8. The number of nitrogens with zero attached hydrogens (tertiary/aromatic N) is 4. The van der Waals surface area contributed by atoms with Gasteiger partial charge in [0.2, 0.25) is 5.95 Å². The second-order valence-electron chi connectivity index (χ2n) is 8.64. The van der Waals surface area contributed by atoms with Gasteiger partial charge >= 0.3 is 0 Å². The van der Waals surface area contributed by atoms with Crippen LogP contribution in [0.1, 0.15) is 18.4 Å². The molecule has 4 aromatic rings. The fourth-order valence-electron chi connectivity index (χ4n) is 4.37. The number of fused-ring (bicyclic) bond motifs is 1. The summed E-state index contributed by atoms with van der Waals surface area (Å²) in [5, 5.41) is 16.8. The third-order valence-electron chi connectivity index (χ3n) is 6.23. The summed E-state index contributed by atoms with van der Waals surface area (Å²) < 4.78 is 0. The van der Waals surface area contributed by atoms with Gasteiger partial charge < -0.3 is 20.6 Å². The van der Waals surface area contributed by atoms with Crippen molar-refractivity contribution in [2.75, 3.05) is 43.4 Å². The summed E-state index contributed by atoms with van der Waals surface area (Å²) in [6.45, 7) is 4.53. The quantitative estimate of drug-likeness (QED) is 0.344. The zero-order valence-corrected chi connectivity index (χ0v) is 19.2. The first-order valence-electron chi connectivity index (χ1n) is 11.9. The van der Waals surface area contributed by atoms with Crippen LogP contribution in [0.2, 0.25) is 0 Å². The molecule has 5 rings (SSSR count). The Bertz CT molecular complexity index is 1220. The van der Waals surface area contributed by atoms with Crippen LogP contribution in [0.5, 0.6) is 0 Å². The second-order valence-corrected chi connectivity index (χ2v) is 8.64.